The Kier molecular flexibility index (Phi) is 4.95. The summed E-state index contributed by atoms with van der Waals surface area (Å²) in [4.78, 5) is 24.2. The predicted molar refractivity (Wildman–Crippen MR) is 106 cm³/mol. The zero-order chi connectivity index (χ0) is 19.6. The van der Waals surface area contributed by atoms with E-state index in [4.69, 9.17) is 0 Å². The molecule has 1 N–H and O–H groups in total. The molecule has 0 atom stereocenters. The summed E-state index contributed by atoms with van der Waals surface area (Å²) in [7, 11) is 2.89. The molecule has 1 heterocycles. The molecule has 0 unspecified atom stereocenters. The molecule has 3 rings (SSSR count). The molecule has 136 valence electrons. The van der Waals surface area contributed by atoms with E-state index in [9.17, 15) is 14.9 Å². The van der Waals surface area contributed by atoms with Gasteiger partial charge in [0.15, 0.2) is 5.56 Å². The van der Waals surface area contributed by atoms with Crippen molar-refractivity contribution in [2.75, 3.05) is 5.32 Å². The summed E-state index contributed by atoms with van der Waals surface area (Å²) in [6.45, 7) is 2.45. The van der Waals surface area contributed by atoms with Gasteiger partial charge in [-0.2, -0.15) is 5.26 Å². The molecule has 3 aromatic rings. The van der Waals surface area contributed by atoms with Crippen LogP contribution >= 0.6 is 0 Å². The summed E-state index contributed by atoms with van der Waals surface area (Å²) in [5.74, 6) is 0.230. The van der Waals surface area contributed by atoms with Crippen molar-refractivity contribution in [3.05, 3.63) is 86.1 Å². The first-order chi connectivity index (χ1) is 12.9. The Balaban J connectivity index is 1.85. The third-order valence-electron chi connectivity index (χ3n) is 4.54. The second kappa shape index (κ2) is 7.34. The van der Waals surface area contributed by atoms with Crippen molar-refractivity contribution in [1.82, 2.24) is 9.13 Å². The molecule has 0 saturated heterocycles. The molecule has 0 aliphatic carbocycles. The summed E-state index contributed by atoms with van der Waals surface area (Å²) >= 11 is 0. The summed E-state index contributed by atoms with van der Waals surface area (Å²) in [5.41, 5.74) is 3.29. The Morgan fingerprint density at radius 3 is 2.33 bits per heavy atom. The fraction of sp³-hybridized carbons (Fsp3) is 0.190. The number of nitrogens with one attached hydrogen (secondary N) is 1. The molecule has 0 saturated carbocycles. The van der Waals surface area contributed by atoms with Crippen molar-refractivity contribution in [1.29, 1.82) is 5.26 Å². The van der Waals surface area contributed by atoms with Crippen LogP contribution in [-0.4, -0.2) is 9.13 Å². The van der Waals surface area contributed by atoms with Gasteiger partial charge in [-0.3, -0.25) is 13.9 Å². The largest absolute Gasteiger partial charge is 0.366 e. The van der Waals surface area contributed by atoms with Crippen LogP contribution in [0.2, 0.25) is 0 Å². The molecule has 0 spiro atoms. The van der Waals surface area contributed by atoms with Crippen molar-refractivity contribution in [3.63, 3.8) is 0 Å². The number of anilines is 1. The van der Waals surface area contributed by atoms with Crippen LogP contribution < -0.4 is 16.6 Å². The van der Waals surface area contributed by atoms with Crippen LogP contribution in [0.4, 0.5) is 5.82 Å². The lowest BCUT2D eigenvalue weighted by molar-refractivity contribution is 0.685. The standard InChI is InChI=1S/C21H20N4O2/c1-14-5-4-6-17(11-14)16-9-7-15(8-10-16)13-23-19-18(12-22)20(26)25(3)21(27)24(19)2/h4-11,23H,13H2,1-3H3. The zero-order valence-corrected chi connectivity index (χ0v) is 15.5. The van der Waals surface area contributed by atoms with Gasteiger partial charge < -0.3 is 5.32 Å². The highest BCUT2D eigenvalue weighted by molar-refractivity contribution is 5.64. The number of hydrogen-bond acceptors (Lipinski definition) is 4. The van der Waals surface area contributed by atoms with Crippen LogP contribution in [0.1, 0.15) is 16.7 Å². The number of rotatable bonds is 4. The van der Waals surface area contributed by atoms with E-state index in [2.05, 4.69) is 30.4 Å². The van der Waals surface area contributed by atoms with E-state index in [1.165, 1.54) is 24.2 Å². The van der Waals surface area contributed by atoms with Crippen molar-refractivity contribution >= 4 is 5.82 Å². The fourth-order valence-electron chi connectivity index (χ4n) is 2.98. The maximum atomic E-state index is 12.1. The summed E-state index contributed by atoms with van der Waals surface area (Å²) in [5, 5.41) is 12.4. The normalized spacial score (nSPS) is 10.4. The van der Waals surface area contributed by atoms with Crippen molar-refractivity contribution < 1.29 is 0 Å². The lowest BCUT2D eigenvalue weighted by Crippen LogP contribution is -2.39. The topological polar surface area (TPSA) is 79.8 Å². The van der Waals surface area contributed by atoms with Gasteiger partial charge in [-0.25, -0.2) is 4.79 Å². The third-order valence-corrected chi connectivity index (χ3v) is 4.54. The Morgan fingerprint density at radius 2 is 1.70 bits per heavy atom. The van der Waals surface area contributed by atoms with Gasteiger partial charge in [-0.15, -0.1) is 0 Å². The molecule has 6 heteroatoms. The SMILES string of the molecule is Cc1cccc(-c2ccc(CNc3c(C#N)c(=O)n(C)c(=O)n3C)cc2)c1. The van der Waals surface area contributed by atoms with E-state index in [1.54, 1.807) is 0 Å². The van der Waals surface area contributed by atoms with Crippen LogP contribution in [0.15, 0.2) is 58.1 Å². The van der Waals surface area contributed by atoms with E-state index in [0.29, 0.717) is 6.54 Å². The Bertz CT molecular complexity index is 1150. The zero-order valence-electron chi connectivity index (χ0n) is 15.5. The van der Waals surface area contributed by atoms with E-state index in [1.807, 2.05) is 36.4 Å². The monoisotopic (exact) mass is 360 g/mol. The molecule has 0 fully saturated rings. The van der Waals surface area contributed by atoms with E-state index >= 15 is 0 Å². The van der Waals surface area contributed by atoms with Crippen molar-refractivity contribution in [2.45, 2.75) is 13.5 Å². The molecule has 2 aromatic carbocycles. The van der Waals surface area contributed by atoms with Gasteiger partial charge >= 0.3 is 5.69 Å². The van der Waals surface area contributed by atoms with Gasteiger partial charge in [0.25, 0.3) is 5.56 Å². The highest BCUT2D eigenvalue weighted by atomic mass is 16.2. The van der Waals surface area contributed by atoms with Crippen LogP contribution in [0.5, 0.6) is 0 Å². The molecule has 0 aliphatic heterocycles. The second-order valence-corrected chi connectivity index (χ2v) is 6.46. The molecular formula is C21H20N4O2. The minimum atomic E-state index is -0.599. The Morgan fingerprint density at radius 1 is 1.00 bits per heavy atom. The van der Waals surface area contributed by atoms with E-state index in [0.717, 1.165) is 21.3 Å². The average Bonchev–Trinajstić information content (AvgIpc) is 2.68. The van der Waals surface area contributed by atoms with Crippen molar-refractivity contribution in [3.8, 4) is 17.2 Å². The third kappa shape index (κ3) is 3.53. The molecule has 0 radical (unpaired) electrons. The van der Waals surface area contributed by atoms with Gasteiger partial charge in [0.1, 0.15) is 11.9 Å². The molecule has 0 amide bonds. The highest BCUT2D eigenvalue weighted by Crippen LogP contribution is 2.21. The van der Waals surface area contributed by atoms with Crippen LogP contribution in [0.25, 0.3) is 11.1 Å². The number of nitriles is 1. The molecular weight excluding hydrogens is 340 g/mol. The molecule has 6 nitrogen and oxygen atoms in total. The second-order valence-electron chi connectivity index (χ2n) is 6.46. The number of benzene rings is 2. The minimum absolute atomic E-state index is 0.0732. The summed E-state index contributed by atoms with van der Waals surface area (Å²) in [6.07, 6.45) is 0. The van der Waals surface area contributed by atoms with Gasteiger partial charge in [-0.1, -0.05) is 54.1 Å². The number of nitrogens with zero attached hydrogens (tertiary/aromatic N) is 3. The van der Waals surface area contributed by atoms with Crippen LogP contribution in [0.3, 0.4) is 0 Å². The summed E-state index contributed by atoms with van der Waals surface area (Å²) < 4.78 is 2.21. The molecule has 0 aliphatic rings. The smallest absolute Gasteiger partial charge is 0.332 e. The first-order valence-corrected chi connectivity index (χ1v) is 8.52. The Labute approximate surface area is 156 Å². The minimum Gasteiger partial charge on any atom is -0.366 e. The summed E-state index contributed by atoms with van der Waals surface area (Å²) in [6, 6.07) is 18.2. The maximum absolute atomic E-state index is 12.1. The quantitative estimate of drug-likeness (QED) is 0.775. The lowest BCUT2D eigenvalue weighted by atomic mass is 10.0. The number of aryl methyl sites for hydroxylation is 1. The maximum Gasteiger partial charge on any atom is 0.332 e. The van der Waals surface area contributed by atoms with Crippen LogP contribution in [-0.2, 0) is 20.6 Å². The fourth-order valence-corrected chi connectivity index (χ4v) is 2.98. The first-order valence-electron chi connectivity index (χ1n) is 8.52. The van der Waals surface area contributed by atoms with Gasteiger partial charge in [0, 0.05) is 20.6 Å². The number of aromatic nitrogens is 2. The number of hydrogen-bond donors (Lipinski definition) is 1. The van der Waals surface area contributed by atoms with Crippen LogP contribution in [0, 0.1) is 18.3 Å². The van der Waals surface area contributed by atoms with Crippen molar-refractivity contribution in [2.24, 2.45) is 14.1 Å². The van der Waals surface area contributed by atoms with E-state index < -0.39 is 11.2 Å². The van der Waals surface area contributed by atoms with E-state index in [-0.39, 0.29) is 11.4 Å². The molecule has 0 bridgehead atoms. The van der Waals surface area contributed by atoms with Gasteiger partial charge in [0.2, 0.25) is 0 Å². The predicted octanol–water partition coefficient (Wildman–Crippen LogP) is 2.54. The van der Waals surface area contributed by atoms with Gasteiger partial charge in [-0.05, 0) is 23.6 Å². The Hall–Kier alpha value is -3.59. The first kappa shape index (κ1) is 18.2. The highest BCUT2D eigenvalue weighted by Gasteiger charge is 2.15. The average molecular weight is 360 g/mol. The van der Waals surface area contributed by atoms with Gasteiger partial charge in [0.05, 0.1) is 0 Å². The molecule has 1 aromatic heterocycles. The molecule has 27 heavy (non-hydrogen) atoms. The lowest BCUT2D eigenvalue weighted by Gasteiger charge is -2.14.